The molecule has 0 spiro atoms. The number of carboxylic acid groups (broad SMARTS) is 2. The molecule has 0 amide bonds. The van der Waals surface area contributed by atoms with Crippen LogP contribution in [0.15, 0.2) is 12.2 Å². The van der Waals surface area contributed by atoms with E-state index in [4.69, 9.17) is 0 Å². The third-order valence-electron chi connectivity index (χ3n) is 8.92. The van der Waals surface area contributed by atoms with Crippen molar-refractivity contribution in [3.05, 3.63) is 12.2 Å². The van der Waals surface area contributed by atoms with Crippen LogP contribution in [-0.4, -0.2) is 33.7 Å². The van der Waals surface area contributed by atoms with Crippen LogP contribution in [0.1, 0.15) is 112 Å². The average Bonchev–Trinajstić information content (AvgIpc) is 2.81. The third kappa shape index (κ3) is 7.52. The van der Waals surface area contributed by atoms with Crippen molar-refractivity contribution < 1.29 is 29.4 Å². The van der Waals surface area contributed by atoms with Gasteiger partial charge in [-0.25, -0.2) is 0 Å². The quantitative estimate of drug-likeness (QED) is 0.213. The zero-order valence-electron chi connectivity index (χ0n) is 23.1. The fourth-order valence-electron chi connectivity index (χ4n) is 6.22. The van der Waals surface area contributed by atoms with Crippen LogP contribution >= 0.6 is 0 Å². The summed E-state index contributed by atoms with van der Waals surface area (Å²) in [5, 5.41) is 19.1. The van der Waals surface area contributed by atoms with E-state index in [1.165, 1.54) is 0 Å². The highest BCUT2D eigenvalue weighted by Gasteiger charge is 2.45. The Balaban J connectivity index is 1.99. The Kier molecular flexibility index (Phi) is 10.9. The highest BCUT2D eigenvalue weighted by atomic mass is 16.4. The number of carbonyl (C=O) groups excluding carboxylic acids is 2. The lowest BCUT2D eigenvalue weighted by Gasteiger charge is -2.39. The van der Waals surface area contributed by atoms with Crippen LogP contribution in [0.4, 0.5) is 0 Å². The molecule has 0 radical (unpaired) electrons. The van der Waals surface area contributed by atoms with Gasteiger partial charge in [0.2, 0.25) is 0 Å². The number of Topliss-reactive ketones (excluding diaryl/α,β-unsaturated/α-hetero) is 2. The molecule has 2 saturated carbocycles. The van der Waals surface area contributed by atoms with Crippen LogP contribution in [0.2, 0.25) is 0 Å². The molecule has 0 saturated heterocycles. The largest absolute Gasteiger partial charge is 0.481 e. The van der Waals surface area contributed by atoms with Crippen LogP contribution < -0.4 is 0 Å². The van der Waals surface area contributed by atoms with Gasteiger partial charge in [-0.1, -0.05) is 51.2 Å². The van der Waals surface area contributed by atoms with E-state index in [2.05, 4.69) is 0 Å². The van der Waals surface area contributed by atoms with E-state index in [0.717, 1.165) is 70.6 Å². The Morgan fingerprint density at radius 3 is 2.03 bits per heavy atom. The molecule has 0 aromatic carbocycles. The second kappa shape index (κ2) is 13.0. The number of unbranched alkanes of at least 4 members (excludes halogenated alkanes) is 1. The molecule has 2 aliphatic carbocycles. The summed E-state index contributed by atoms with van der Waals surface area (Å²) in [6, 6.07) is 0. The molecule has 0 aromatic rings. The van der Waals surface area contributed by atoms with Crippen molar-refractivity contribution in [1.29, 1.82) is 0 Å². The third-order valence-corrected chi connectivity index (χ3v) is 8.92. The molecular weight excluding hydrogens is 456 g/mol. The molecule has 2 aliphatic rings. The number of allylic oxidation sites excluding steroid dienone is 2. The van der Waals surface area contributed by atoms with Gasteiger partial charge in [-0.05, 0) is 78.6 Å². The van der Waals surface area contributed by atoms with Crippen LogP contribution in [0.5, 0.6) is 0 Å². The summed E-state index contributed by atoms with van der Waals surface area (Å²) in [6.45, 7) is 9.00. The van der Waals surface area contributed by atoms with Gasteiger partial charge in [0.15, 0.2) is 0 Å². The Morgan fingerprint density at radius 2 is 1.47 bits per heavy atom. The van der Waals surface area contributed by atoms with E-state index >= 15 is 0 Å². The molecule has 2 fully saturated rings. The van der Waals surface area contributed by atoms with Crippen LogP contribution in [0.3, 0.4) is 0 Å². The van der Waals surface area contributed by atoms with Gasteiger partial charge in [0.25, 0.3) is 0 Å². The van der Waals surface area contributed by atoms with E-state index in [9.17, 15) is 29.4 Å². The maximum absolute atomic E-state index is 13.5. The smallest absolute Gasteiger partial charge is 0.309 e. The normalized spacial score (nSPS) is 26.8. The van der Waals surface area contributed by atoms with Gasteiger partial charge in [-0.15, -0.1) is 0 Å². The molecule has 6 heteroatoms. The summed E-state index contributed by atoms with van der Waals surface area (Å²) in [5.41, 5.74) is -1.68. The molecule has 204 valence electrons. The van der Waals surface area contributed by atoms with Crippen molar-refractivity contribution in [1.82, 2.24) is 0 Å². The first-order chi connectivity index (χ1) is 16.8. The van der Waals surface area contributed by atoms with Gasteiger partial charge in [0.1, 0.15) is 11.6 Å². The predicted octanol–water partition coefficient (Wildman–Crippen LogP) is 6.71. The maximum atomic E-state index is 13.5. The lowest BCUT2D eigenvalue weighted by Crippen LogP contribution is -2.43. The predicted molar refractivity (Wildman–Crippen MR) is 141 cm³/mol. The average molecular weight is 505 g/mol. The standard InChI is InChI=1S/C30H48O6/c1-6-11-24(30(4,5)28(35)36)23-16-10-15-22(26(23)32)18-17-21-14-9-13-20(25(21)31)12-7-8-19-29(2,3)27(33)34/h17-18,20-24H,6-16,19H2,1-5H3,(H,33,34)(H,35,36). The summed E-state index contributed by atoms with van der Waals surface area (Å²) in [6.07, 6.45) is 13.6. The maximum Gasteiger partial charge on any atom is 0.309 e. The Hall–Kier alpha value is -1.98. The molecule has 5 unspecified atom stereocenters. The summed E-state index contributed by atoms with van der Waals surface area (Å²) in [5.74, 6) is -2.04. The van der Waals surface area contributed by atoms with Gasteiger partial charge < -0.3 is 10.2 Å². The number of ketones is 2. The molecule has 5 atom stereocenters. The number of aliphatic carboxylic acids is 2. The van der Waals surface area contributed by atoms with Crippen LogP contribution in [0.25, 0.3) is 0 Å². The van der Waals surface area contributed by atoms with Crippen molar-refractivity contribution in [2.75, 3.05) is 0 Å². The second-order valence-corrected chi connectivity index (χ2v) is 12.4. The first-order valence-electron chi connectivity index (χ1n) is 14.1. The number of hydrogen-bond acceptors (Lipinski definition) is 4. The lowest BCUT2D eigenvalue weighted by molar-refractivity contribution is -0.153. The zero-order valence-corrected chi connectivity index (χ0v) is 23.1. The molecule has 2 N–H and O–H groups in total. The molecule has 0 heterocycles. The van der Waals surface area contributed by atoms with E-state index in [1.54, 1.807) is 27.7 Å². The van der Waals surface area contributed by atoms with Gasteiger partial charge in [-0.3, -0.25) is 19.2 Å². The minimum absolute atomic E-state index is 0.0152. The summed E-state index contributed by atoms with van der Waals surface area (Å²) in [7, 11) is 0. The van der Waals surface area contributed by atoms with E-state index in [0.29, 0.717) is 6.42 Å². The number of rotatable bonds is 13. The fourth-order valence-corrected chi connectivity index (χ4v) is 6.22. The number of carbonyl (C=O) groups is 4. The Bertz CT molecular complexity index is 823. The van der Waals surface area contributed by atoms with Crippen molar-refractivity contribution >= 4 is 23.5 Å². The lowest BCUT2D eigenvalue weighted by atomic mass is 9.63. The SMILES string of the molecule is CCCC(C1CCCC(C=CC2CCCC(CCCCC(C)(C)C(=O)O)C2=O)C1=O)C(C)(C)C(=O)O. The summed E-state index contributed by atoms with van der Waals surface area (Å²) >= 11 is 0. The highest BCUT2D eigenvalue weighted by Crippen LogP contribution is 2.43. The monoisotopic (exact) mass is 504 g/mol. The van der Waals surface area contributed by atoms with Crippen LogP contribution in [-0.2, 0) is 19.2 Å². The minimum Gasteiger partial charge on any atom is -0.481 e. The first kappa shape index (κ1) is 30.2. The minimum atomic E-state index is -0.950. The van der Waals surface area contributed by atoms with Crippen molar-refractivity contribution in [2.45, 2.75) is 112 Å². The molecule has 6 nitrogen and oxygen atoms in total. The van der Waals surface area contributed by atoms with Gasteiger partial charge in [-0.2, -0.15) is 0 Å². The number of hydrogen-bond donors (Lipinski definition) is 2. The van der Waals surface area contributed by atoms with Gasteiger partial charge in [0, 0.05) is 23.7 Å². The van der Waals surface area contributed by atoms with E-state index < -0.39 is 22.8 Å². The highest BCUT2D eigenvalue weighted by molar-refractivity contribution is 5.88. The number of carboxylic acids is 2. The molecular formula is C30H48O6. The van der Waals surface area contributed by atoms with Gasteiger partial charge >= 0.3 is 11.9 Å². The topological polar surface area (TPSA) is 109 Å². The second-order valence-electron chi connectivity index (χ2n) is 12.4. The van der Waals surface area contributed by atoms with Crippen molar-refractivity contribution in [3.8, 4) is 0 Å². The van der Waals surface area contributed by atoms with Crippen molar-refractivity contribution in [3.63, 3.8) is 0 Å². The molecule has 36 heavy (non-hydrogen) atoms. The zero-order chi connectivity index (χ0) is 27.1. The van der Waals surface area contributed by atoms with Crippen LogP contribution in [0, 0.1) is 40.4 Å². The molecule has 0 aliphatic heterocycles. The molecule has 2 rings (SSSR count). The Morgan fingerprint density at radius 1 is 0.889 bits per heavy atom. The van der Waals surface area contributed by atoms with Crippen molar-refractivity contribution in [2.24, 2.45) is 40.4 Å². The first-order valence-corrected chi connectivity index (χ1v) is 14.1. The van der Waals surface area contributed by atoms with E-state index in [-0.39, 0.29) is 41.2 Å². The fraction of sp³-hybridized carbons (Fsp3) is 0.800. The molecule has 0 bridgehead atoms. The van der Waals surface area contributed by atoms with Gasteiger partial charge in [0.05, 0.1) is 10.8 Å². The Labute approximate surface area is 217 Å². The summed E-state index contributed by atoms with van der Waals surface area (Å²) in [4.78, 5) is 49.9. The molecule has 0 aromatic heterocycles. The van der Waals surface area contributed by atoms with E-state index in [1.807, 2.05) is 19.1 Å². The summed E-state index contributed by atoms with van der Waals surface area (Å²) < 4.78 is 0.